The van der Waals surface area contributed by atoms with Gasteiger partial charge in [0, 0.05) is 12.6 Å². The molecule has 2 atom stereocenters. The number of halogens is 1. The third-order valence-electron chi connectivity index (χ3n) is 4.90. The SMILES string of the molecule is CC[C@H](C)NC(=O)[C@H](C)N(Cc1cccc(C)c1)C(=O)Cc1ccccc1F. The summed E-state index contributed by atoms with van der Waals surface area (Å²) in [5.74, 6) is -0.898. The van der Waals surface area contributed by atoms with Gasteiger partial charge in [-0.05, 0) is 44.4 Å². The number of carbonyl (C=O) groups excluding carboxylic acids is 2. The van der Waals surface area contributed by atoms with E-state index in [2.05, 4.69) is 5.32 Å². The van der Waals surface area contributed by atoms with Gasteiger partial charge in [-0.3, -0.25) is 9.59 Å². The Morgan fingerprint density at radius 3 is 2.46 bits per heavy atom. The molecule has 0 saturated heterocycles. The van der Waals surface area contributed by atoms with Crippen molar-refractivity contribution in [3.8, 4) is 0 Å². The third kappa shape index (κ3) is 5.91. The van der Waals surface area contributed by atoms with Crippen molar-refractivity contribution < 1.29 is 14.0 Å². The summed E-state index contributed by atoms with van der Waals surface area (Å²) in [5, 5.41) is 2.93. The summed E-state index contributed by atoms with van der Waals surface area (Å²) in [7, 11) is 0. The molecule has 0 spiro atoms. The minimum absolute atomic E-state index is 0.0254. The van der Waals surface area contributed by atoms with Gasteiger partial charge in [-0.15, -0.1) is 0 Å². The lowest BCUT2D eigenvalue weighted by atomic mass is 10.1. The van der Waals surface area contributed by atoms with Gasteiger partial charge >= 0.3 is 0 Å². The van der Waals surface area contributed by atoms with Crippen LogP contribution in [-0.2, 0) is 22.6 Å². The first kappa shape index (κ1) is 21.6. The van der Waals surface area contributed by atoms with E-state index < -0.39 is 11.9 Å². The van der Waals surface area contributed by atoms with E-state index in [1.54, 1.807) is 25.1 Å². The van der Waals surface area contributed by atoms with Crippen molar-refractivity contribution in [2.24, 2.45) is 0 Å². The first-order chi connectivity index (χ1) is 13.3. The van der Waals surface area contributed by atoms with Gasteiger partial charge < -0.3 is 10.2 Å². The van der Waals surface area contributed by atoms with E-state index in [0.29, 0.717) is 12.1 Å². The monoisotopic (exact) mass is 384 g/mol. The topological polar surface area (TPSA) is 49.4 Å². The van der Waals surface area contributed by atoms with Crippen LogP contribution in [0.15, 0.2) is 48.5 Å². The largest absolute Gasteiger partial charge is 0.352 e. The molecule has 0 heterocycles. The first-order valence-electron chi connectivity index (χ1n) is 9.70. The van der Waals surface area contributed by atoms with Crippen LogP contribution in [0.5, 0.6) is 0 Å². The van der Waals surface area contributed by atoms with Crippen LogP contribution in [0.2, 0.25) is 0 Å². The van der Waals surface area contributed by atoms with Crippen LogP contribution in [0.25, 0.3) is 0 Å². The van der Waals surface area contributed by atoms with Crippen LogP contribution in [-0.4, -0.2) is 28.8 Å². The van der Waals surface area contributed by atoms with Gasteiger partial charge in [0.25, 0.3) is 0 Å². The standard InChI is InChI=1S/C23H29FN2O2/c1-5-17(3)25-23(28)18(4)26(15-19-10-8-9-16(2)13-19)22(27)14-20-11-6-7-12-21(20)24/h6-13,17-18H,5,14-15H2,1-4H3,(H,25,28)/t17-,18-/m0/s1. The van der Waals surface area contributed by atoms with Crippen molar-refractivity contribution in [3.63, 3.8) is 0 Å². The fraction of sp³-hybridized carbons (Fsp3) is 0.391. The van der Waals surface area contributed by atoms with E-state index >= 15 is 0 Å². The fourth-order valence-corrected chi connectivity index (χ4v) is 2.96. The third-order valence-corrected chi connectivity index (χ3v) is 4.90. The van der Waals surface area contributed by atoms with Crippen molar-refractivity contribution in [1.29, 1.82) is 0 Å². The maximum absolute atomic E-state index is 14.0. The number of benzene rings is 2. The van der Waals surface area contributed by atoms with E-state index in [9.17, 15) is 14.0 Å². The molecule has 0 radical (unpaired) electrons. The van der Waals surface area contributed by atoms with Gasteiger partial charge in [-0.25, -0.2) is 4.39 Å². The first-order valence-corrected chi connectivity index (χ1v) is 9.70. The average Bonchev–Trinajstić information content (AvgIpc) is 2.67. The molecule has 28 heavy (non-hydrogen) atoms. The molecule has 0 bridgehead atoms. The minimum Gasteiger partial charge on any atom is -0.352 e. The lowest BCUT2D eigenvalue weighted by molar-refractivity contribution is -0.140. The van der Waals surface area contributed by atoms with Crippen molar-refractivity contribution in [3.05, 3.63) is 71.0 Å². The van der Waals surface area contributed by atoms with E-state index in [1.807, 2.05) is 45.0 Å². The Balaban J connectivity index is 2.25. The Morgan fingerprint density at radius 2 is 1.82 bits per heavy atom. The maximum Gasteiger partial charge on any atom is 0.242 e. The molecule has 1 N–H and O–H groups in total. The molecule has 0 aliphatic carbocycles. The van der Waals surface area contributed by atoms with Crippen LogP contribution in [0.3, 0.4) is 0 Å². The number of aryl methyl sites for hydroxylation is 1. The van der Waals surface area contributed by atoms with E-state index in [-0.39, 0.29) is 24.3 Å². The number of rotatable bonds is 8. The summed E-state index contributed by atoms with van der Waals surface area (Å²) in [5.41, 5.74) is 2.34. The van der Waals surface area contributed by atoms with E-state index in [4.69, 9.17) is 0 Å². The highest BCUT2D eigenvalue weighted by Crippen LogP contribution is 2.15. The molecule has 5 heteroatoms. The molecule has 0 saturated carbocycles. The second-order valence-electron chi connectivity index (χ2n) is 7.27. The average molecular weight is 384 g/mol. The molecule has 0 aromatic heterocycles. The van der Waals surface area contributed by atoms with E-state index in [0.717, 1.165) is 17.5 Å². The molecule has 2 aromatic carbocycles. The Morgan fingerprint density at radius 1 is 1.11 bits per heavy atom. The predicted octanol–water partition coefficient (Wildman–Crippen LogP) is 4.01. The molecule has 0 fully saturated rings. The molecule has 0 unspecified atom stereocenters. The maximum atomic E-state index is 14.0. The lowest BCUT2D eigenvalue weighted by Crippen LogP contribution is -2.50. The van der Waals surface area contributed by atoms with Gasteiger partial charge in [0.05, 0.1) is 6.42 Å². The highest BCUT2D eigenvalue weighted by Gasteiger charge is 2.27. The minimum atomic E-state index is -0.659. The highest BCUT2D eigenvalue weighted by molar-refractivity contribution is 5.88. The predicted molar refractivity (Wildman–Crippen MR) is 109 cm³/mol. The number of amides is 2. The number of nitrogens with one attached hydrogen (secondary N) is 1. The Labute approximate surface area is 166 Å². The summed E-state index contributed by atoms with van der Waals surface area (Å²) < 4.78 is 14.0. The van der Waals surface area contributed by atoms with Crippen molar-refractivity contribution in [2.45, 2.75) is 59.2 Å². The highest BCUT2D eigenvalue weighted by atomic mass is 19.1. The lowest BCUT2D eigenvalue weighted by Gasteiger charge is -2.30. The Hall–Kier alpha value is -2.69. The molecular weight excluding hydrogens is 355 g/mol. The van der Waals surface area contributed by atoms with E-state index in [1.165, 1.54) is 11.0 Å². The van der Waals surface area contributed by atoms with Crippen LogP contribution >= 0.6 is 0 Å². The number of hydrogen-bond donors (Lipinski definition) is 1. The summed E-state index contributed by atoms with van der Waals surface area (Å²) in [6.45, 7) is 7.91. The molecule has 4 nitrogen and oxygen atoms in total. The zero-order valence-corrected chi connectivity index (χ0v) is 17.0. The zero-order chi connectivity index (χ0) is 20.7. The molecular formula is C23H29FN2O2. The molecule has 2 rings (SSSR count). The molecule has 2 aromatic rings. The van der Waals surface area contributed by atoms with Gasteiger partial charge in [-0.1, -0.05) is 55.0 Å². The normalized spacial score (nSPS) is 12.9. The Kier molecular flexibility index (Phi) is 7.73. The summed E-state index contributed by atoms with van der Waals surface area (Å²) in [4.78, 5) is 27.2. The van der Waals surface area contributed by atoms with Crippen molar-refractivity contribution in [2.75, 3.05) is 0 Å². The Bertz CT molecular complexity index is 822. The van der Waals surface area contributed by atoms with Crippen LogP contribution < -0.4 is 5.32 Å². The van der Waals surface area contributed by atoms with Crippen LogP contribution in [0, 0.1) is 12.7 Å². The molecule has 0 aliphatic rings. The van der Waals surface area contributed by atoms with Gasteiger partial charge in [0.15, 0.2) is 0 Å². The van der Waals surface area contributed by atoms with Gasteiger partial charge in [0.2, 0.25) is 11.8 Å². The summed E-state index contributed by atoms with van der Waals surface area (Å²) in [6, 6.07) is 13.4. The number of nitrogens with zero attached hydrogens (tertiary/aromatic N) is 1. The zero-order valence-electron chi connectivity index (χ0n) is 17.0. The second kappa shape index (κ2) is 10.0. The molecule has 0 aliphatic heterocycles. The van der Waals surface area contributed by atoms with Crippen molar-refractivity contribution >= 4 is 11.8 Å². The fourth-order valence-electron chi connectivity index (χ4n) is 2.96. The summed E-state index contributed by atoms with van der Waals surface area (Å²) in [6.07, 6.45) is 0.721. The molecule has 2 amide bonds. The second-order valence-corrected chi connectivity index (χ2v) is 7.27. The molecule has 150 valence electrons. The number of carbonyl (C=O) groups is 2. The van der Waals surface area contributed by atoms with Gasteiger partial charge in [0.1, 0.15) is 11.9 Å². The smallest absolute Gasteiger partial charge is 0.242 e. The van der Waals surface area contributed by atoms with Crippen molar-refractivity contribution in [1.82, 2.24) is 10.2 Å². The quantitative estimate of drug-likeness (QED) is 0.748. The van der Waals surface area contributed by atoms with Crippen LogP contribution in [0.4, 0.5) is 4.39 Å². The van der Waals surface area contributed by atoms with Gasteiger partial charge in [-0.2, -0.15) is 0 Å². The van der Waals surface area contributed by atoms with Crippen LogP contribution in [0.1, 0.15) is 43.9 Å². The number of hydrogen-bond acceptors (Lipinski definition) is 2. The summed E-state index contributed by atoms with van der Waals surface area (Å²) >= 11 is 0.